The van der Waals surface area contributed by atoms with Gasteiger partial charge in [0.25, 0.3) is 0 Å². The van der Waals surface area contributed by atoms with Crippen molar-refractivity contribution in [3.05, 3.63) is 23.3 Å². The van der Waals surface area contributed by atoms with Gasteiger partial charge in [0.1, 0.15) is 11.9 Å². The Bertz CT molecular complexity index is 558. The molecule has 5 heteroatoms. The fourth-order valence-corrected chi connectivity index (χ4v) is 3.60. The van der Waals surface area contributed by atoms with Crippen molar-refractivity contribution in [3.63, 3.8) is 0 Å². The highest BCUT2D eigenvalue weighted by Crippen LogP contribution is 2.46. The summed E-state index contributed by atoms with van der Waals surface area (Å²) in [5.41, 5.74) is 1.41. The van der Waals surface area contributed by atoms with Gasteiger partial charge in [0.2, 0.25) is 0 Å². The Balaban J connectivity index is 2.18. The van der Waals surface area contributed by atoms with Crippen molar-refractivity contribution >= 4 is 11.8 Å². The molecule has 24 heavy (non-hydrogen) atoms. The molecule has 0 aromatic rings. The van der Waals surface area contributed by atoms with Crippen molar-refractivity contribution in [2.45, 2.75) is 71.2 Å². The van der Waals surface area contributed by atoms with E-state index in [1.165, 1.54) is 12.7 Å². The number of allylic oxidation sites excluding steroid dienone is 3. The molecule has 0 radical (unpaired) electrons. The molecule has 1 saturated carbocycles. The molecule has 134 valence electrons. The Morgan fingerprint density at radius 3 is 2.71 bits per heavy atom. The number of methoxy groups -OCH3 is 1. The smallest absolute Gasteiger partial charge is 0.307 e. The Morgan fingerprint density at radius 2 is 2.08 bits per heavy atom. The summed E-state index contributed by atoms with van der Waals surface area (Å²) in [6.07, 6.45) is 4.35. The first-order valence-electron chi connectivity index (χ1n) is 8.53. The van der Waals surface area contributed by atoms with Crippen LogP contribution in [0.4, 0.5) is 0 Å². The molecule has 0 amide bonds. The highest BCUT2D eigenvalue weighted by Gasteiger charge is 2.57. The number of hydrogen-bond acceptors (Lipinski definition) is 5. The second kappa shape index (κ2) is 7.62. The predicted octanol–water partition coefficient (Wildman–Crippen LogP) is 2.72. The van der Waals surface area contributed by atoms with Crippen LogP contribution in [-0.4, -0.2) is 42.3 Å². The molecule has 0 aromatic carbocycles. The summed E-state index contributed by atoms with van der Waals surface area (Å²) >= 11 is 0. The van der Waals surface area contributed by atoms with Gasteiger partial charge in [0, 0.05) is 13.5 Å². The SMILES string of the molecule is CO[C@@H]1CC(=O)C2(CC(=O)O[C@@H]2C=C(C)CCC=C(C)C)C[C@@H]1O. The van der Waals surface area contributed by atoms with Gasteiger partial charge >= 0.3 is 5.97 Å². The molecule has 1 aliphatic carbocycles. The number of carbonyl (C=O) groups is 2. The van der Waals surface area contributed by atoms with E-state index in [0.29, 0.717) is 0 Å². The summed E-state index contributed by atoms with van der Waals surface area (Å²) in [6, 6.07) is 0. The highest BCUT2D eigenvalue weighted by molar-refractivity contribution is 5.93. The Morgan fingerprint density at radius 1 is 1.38 bits per heavy atom. The maximum atomic E-state index is 12.7. The lowest BCUT2D eigenvalue weighted by atomic mass is 9.66. The molecule has 1 spiro atoms. The number of cyclic esters (lactones) is 1. The van der Waals surface area contributed by atoms with E-state index in [1.54, 1.807) is 0 Å². The third kappa shape index (κ3) is 3.95. The number of aliphatic hydroxyl groups excluding tert-OH is 1. The second-order valence-corrected chi connectivity index (χ2v) is 7.25. The zero-order valence-electron chi connectivity index (χ0n) is 15.0. The van der Waals surface area contributed by atoms with Crippen LogP contribution < -0.4 is 0 Å². The zero-order chi connectivity index (χ0) is 17.9. The molecule has 1 heterocycles. The van der Waals surface area contributed by atoms with E-state index < -0.39 is 23.7 Å². The van der Waals surface area contributed by atoms with Crippen LogP contribution in [0.25, 0.3) is 0 Å². The Hall–Kier alpha value is -1.46. The average Bonchev–Trinajstić information content (AvgIpc) is 2.79. The lowest BCUT2D eigenvalue weighted by Gasteiger charge is -2.39. The van der Waals surface area contributed by atoms with E-state index in [9.17, 15) is 14.7 Å². The van der Waals surface area contributed by atoms with Gasteiger partial charge in [-0.3, -0.25) is 9.59 Å². The van der Waals surface area contributed by atoms with Gasteiger partial charge in [-0.2, -0.15) is 0 Å². The molecule has 4 atom stereocenters. The summed E-state index contributed by atoms with van der Waals surface area (Å²) in [6.45, 7) is 6.10. The van der Waals surface area contributed by atoms with Crippen molar-refractivity contribution in [2.24, 2.45) is 5.41 Å². The van der Waals surface area contributed by atoms with E-state index in [0.717, 1.165) is 18.4 Å². The summed E-state index contributed by atoms with van der Waals surface area (Å²) in [5.74, 6) is -0.423. The van der Waals surface area contributed by atoms with Gasteiger partial charge in [-0.15, -0.1) is 0 Å². The minimum atomic E-state index is -0.941. The normalized spacial score (nSPS) is 33.7. The van der Waals surface area contributed by atoms with Crippen molar-refractivity contribution in [1.29, 1.82) is 0 Å². The van der Waals surface area contributed by atoms with Crippen molar-refractivity contribution in [1.82, 2.24) is 0 Å². The Labute approximate surface area is 143 Å². The largest absolute Gasteiger partial charge is 0.457 e. The Kier molecular flexibility index (Phi) is 5.99. The van der Waals surface area contributed by atoms with Gasteiger partial charge in [0.15, 0.2) is 0 Å². The lowest BCUT2D eigenvalue weighted by molar-refractivity contribution is -0.148. The van der Waals surface area contributed by atoms with Crippen molar-refractivity contribution in [2.75, 3.05) is 7.11 Å². The molecule has 1 N–H and O–H groups in total. The lowest BCUT2D eigenvalue weighted by Crippen LogP contribution is -2.51. The number of aliphatic hydroxyl groups is 1. The fourth-order valence-electron chi connectivity index (χ4n) is 3.60. The van der Waals surface area contributed by atoms with Crippen LogP contribution in [0.15, 0.2) is 23.3 Å². The summed E-state index contributed by atoms with van der Waals surface area (Å²) in [4.78, 5) is 24.6. The first-order chi connectivity index (χ1) is 11.3. The molecule has 2 fully saturated rings. The number of esters is 1. The number of ketones is 1. The molecular weight excluding hydrogens is 308 g/mol. The molecule has 1 aliphatic heterocycles. The van der Waals surface area contributed by atoms with Crippen molar-refractivity contribution < 1.29 is 24.2 Å². The minimum absolute atomic E-state index is 0.0434. The topological polar surface area (TPSA) is 72.8 Å². The molecule has 5 nitrogen and oxygen atoms in total. The fraction of sp³-hybridized carbons (Fsp3) is 0.684. The predicted molar refractivity (Wildman–Crippen MR) is 90.4 cm³/mol. The van der Waals surface area contributed by atoms with E-state index in [-0.39, 0.29) is 31.0 Å². The highest BCUT2D eigenvalue weighted by atomic mass is 16.6. The maximum absolute atomic E-state index is 12.7. The zero-order valence-corrected chi connectivity index (χ0v) is 15.0. The number of hydrogen-bond donors (Lipinski definition) is 1. The van der Waals surface area contributed by atoms with E-state index in [4.69, 9.17) is 9.47 Å². The quantitative estimate of drug-likeness (QED) is 0.617. The average molecular weight is 336 g/mol. The number of ether oxygens (including phenoxy) is 2. The number of carbonyl (C=O) groups excluding carboxylic acids is 2. The van der Waals surface area contributed by atoms with Gasteiger partial charge in [-0.1, -0.05) is 17.2 Å². The van der Waals surface area contributed by atoms with Crippen LogP contribution in [0.3, 0.4) is 0 Å². The molecule has 0 bridgehead atoms. The van der Waals surface area contributed by atoms with E-state index >= 15 is 0 Å². The number of Topliss-reactive ketones (excluding diaryl/α,β-unsaturated/α-hetero) is 1. The maximum Gasteiger partial charge on any atom is 0.307 e. The van der Waals surface area contributed by atoms with Crippen LogP contribution in [0, 0.1) is 5.41 Å². The number of rotatable bonds is 5. The molecular formula is C19H28O5. The third-order valence-corrected chi connectivity index (χ3v) is 5.04. The molecule has 1 unspecified atom stereocenters. The van der Waals surface area contributed by atoms with Crippen LogP contribution >= 0.6 is 0 Å². The van der Waals surface area contributed by atoms with Gasteiger partial charge in [0.05, 0.1) is 24.0 Å². The van der Waals surface area contributed by atoms with Crippen LogP contribution in [0.2, 0.25) is 0 Å². The summed E-state index contributed by atoms with van der Waals surface area (Å²) < 4.78 is 10.6. The molecule has 2 rings (SSSR count). The molecule has 0 aromatic heterocycles. The first kappa shape index (κ1) is 18.9. The van der Waals surface area contributed by atoms with Crippen LogP contribution in [0.5, 0.6) is 0 Å². The molecule has 2 aliphatic rings. The van der Waals surface area contributed by atoms with E-state index in [2.05, 4.69) is 19.9 Å². The van der Waals surface area contributed by atoms with Crippen LogP contribution in [-0.2, 0) is 19.1 Å². The standard InChI is InChI=1S/C19H28O5/c1-12(2)6-5-7-13(3)8-17-19(11-18(22)24-17)10-14(20)15(23-4)9-16(19)21/h6,8,14-15,17,20H,5,7,9-11H2,1-4H3/t14-,15+,17+,19?/m0/s1. The van der Waals surface area contributed by atoms with Crippen LogP contribution in [0.1, 0.15) is 52.9 Å². The van der Waals surface area contributed by atoms with Gasteiger partial charge in [-0.05, 0) is 46.1 Å². The van der Waals surface area contributed by atoms with E-state index in [1.807, 2.05) is 13.0 Å². The summed E-state index contributed by atoms with van der Waals surface area (Å²) in [5, 5.41) is 10.3. The first-order valence-corrected chi connectivity index (χ1v) is 8.53. The third-order valence-electron chi connectivity index (χ3n) is 5.04. The van der Waals surface area contributed by atoms with Gasteiger partial charge in [-0.25, -0.2) is 0 Å². The summed E-state index contributed by atoms with van der Waals surface area (Å²) in [7, 11) is 1.49. The van der Waals surface area contributed by atoms with Crippen molar-refractivity contribution in [3.8, 4) is 0 Å². The minimum Gasteiger partial charge on any atom is -0.457 e. The monoisotopic (exact) mass is 336 g/mol. The molecule has 1 saturated heterocycles. The van der Waals surface area contributed by atoms with Gasteiger partial charge < -0.3 is 14.6 Å². The second-order valence-electron chi connectivity index (χ2n) is 7.25.